The van der Waals surface area contributed by atoms with Crippen LogP contribution < -0.4 is 0 Å². The maximum atomic E-state index is 4.93. The Morgan fingerprint density at radius 2 is 1.64 bits per heavy atom. The molecule has 1 aliphatic rings. The van der Waals surface area contributed by atoms with Gasteiger partial charge in [-0.05, 0) is 6.42 Å². The minimum Gasteiger partial charge on any atom is -0.179 e. The summed E-state index contributed by atoms with van der Waals surface area (Å²) in [6.07, 6.45) is 3.54. The third-order valence-electron chi connectivity index (χ3n) is 5.71. The van der Waals surface area contributed by atoms with Gasteiger partial charge in [0, 0.05) is 0 Å². The largest absolute Gasteiger partial charge is 0.179 e. The Balaban J connectivity index is 0.000000177. The van der Waals surface area contributed by atoms with Crippen molar-refractivity contribution in [3.05, 3.63) is 87.5 Å². The Morgan fingerprint density at radius 3 is 2.25 bits per heavy atom. The van der Waals surface area contributed by atoms with E-state index in [0.29, 0.717) is 0 Å². The van der Waals surface area contributed by atoms with E-state index in [-0.39, 0.29) is 0 Å². The van der Waals surface area contributed by atoms with Crippen LogP contribution in [0.1, 0.15) is 52.3 Å². The van der Waals surface area contributed by atoms with Crippen molar-refractivity contribution < 1.29 is 20.8 Å². The number of hydrogen-bond donors (Lipinski definition) is 0. The first-order valence-electron chi connectivity index (χ1n) is 9.72. The van der Waals surface area contributed by atoms with Gasteiger partial charge in [-0.2, -0.15) is 57.6 Å². The Hall–Kier alpha value is -0.747. The van der Waals surface area contributed by atoms with E-state index < -0.39 is 20.8 Å². The summed E-state index contributed by atoms with van der Waals surface area (Å²) in [6, 6.07) is 18.1. The number of benzene rings is 2. The molecule has 0 unspecified atom stereocenters. The van der Waals surface area contributed by atoms with E-state index in [9.17, 15) is 0 Å². The monoisotopic (exact) mass is 488 g/mol. The molecule has 0 heterocycles. The summed E-state index contributed by atoms with van der Waals surface area (Å²) in [5.41, 5.74) is 13.1. The zero-order chi connectivity index (χ0) is 20.7. The van der Waals surface area contributed by atoms with Gasteiger partial charge in [0.15, 0.2) is 0 Å². The standard InChI is InChI=1S/C13H9.C12H19.2ClH.Zr/c1-3-7-12-10(5-1)9-11-6-2-4-8-13(11)12;1-6-7-12-10(4)8(2)9(3)11(12)5;;;/h1-5,7-8H,9H2;6-7H2,1-5H3;2*1H;/q2*-1;;;+4/p-2. The molecule has 0 nitrogen and oxygen atoms in total. The van der Waals surface area contributed by atoms with Crippen LogP contribution in [0, 0.1) is 33.8 Å². The molecule has 0 fully saturated rings. The number of rotatable bonds is 2. The third kappa shape index (κ3) is 5.44. The molecule has 28 heavy (non-hydrogen) atoms. The fourth-order valence-corrected chi connectivity index (χ4v) is 3.92. The van der Waals surface area contributed by atoms with Crippen molar-refractivity contribution in [2.24, 2.45) is 0 Å². The molecule has 0 bridgehead atoms. The SMILES string of the molecule is CCCc1c(C)c(C)c(C)[c-]1C.[Cl][Zr+2][Cl].[c-]1cccc2c1Cc1ccccc1-2. The second-order valence-corrected chi connectivity index (χ2v) is 10.9. The van der Waals surface area contributed by atoms with E-state index in [1.165, 1.54) is 57.3 Å². The van der Waals surface area contributed by atoms with Crippen LogP contribution in [0.3, 0.4) is 0 Å². The van der Waals surface area contributed by atoms with Gasteiger partial charge in [-0.15, -0.1) is 5.56 Å². The quantitative estimate of drug-likeness (QED) is 0.250. The van der Waals surface area contributed by atoms with Crippen LogP contribution in [0.5, 0.6) is 0 Å². The summed E-state index contributed by atoms with van der Waals surface area (Å²) in [6.45, 7) is 11.2. The maximum Gasteiger partial charge on any atom is -0.0253 e. The normalized spacial score (nSPS) is 10.7. The Kier molecular flexibility index (Phi) is 9.62. The van der Waals surface area contributed by atoms with Crippen molar-refractivity contribution in [3.63, 3.8) is 0 Å². The zero-order valence-electron chi connectivity index (χ0n) is 17.4. The minimum atomic E-state index is -0.826. The smallest absolute Gasteiger partial charge is 0.0253 e. The fourth-order valence-electron chi connectivity index (χ4n) is 3.92. The van der Waals surface area contributed by atoms with Crippen LogP contribution in [-0.4, -0.2) is 0 Å². The first kappa shape index (κ1) is 23.5. The Morgan fingerprint density at radius 1 is 1.00 bits per heavy atom. The molecule has 3 aromatic rings. The second-order valence-electron chi connectivity index (χ2n) is 7.20. The molecule has 1 aliphatic carbocycles. The summed E-state index contributed by atoms with van der Waals surface area (Å²) in [4.78, 5) is 0. The number of halogens is 2. The first-order valence-corrected chi connectivity index (χ1v) is 16.0. The average molecular weight is 491 g/mol. The molecule has 0 N–H and O–H groups in total. The van der Waals surface area contributed by atoms with Crippen molar-refractivity contribution in [1.82, 2.24) is 0 Å². The molecule has 0 amide bonds. The van der Waals surface area contributed by atoms with Crippen LogP contribution >= 0.6 is 17.0 Å². The predicted molar refractivity (Wildman–Crippen MR) is 120 cm³/mol. The van der Waals surface area contributed by atoms with E-state index in [0.717, 1.165) is 6.42 Å². The van der Waals surface area contributed by atoms with Gasteiger partial charge in [0.1, 0.15) is 0 Å². The fraction of sp³-hybridized carbons (Fsp3) is 0.320. The summed E-state index contributed by atoms with van der Waals surface area (Å²) in [5, 5.41) is 0. The van der Waals surface area contributed by atoms with Gasteiger partial charge < -0.3 is 0 Å². The van der Waals surface area contributed by atoms with Crippen LogP contribution in [-0.2, 0) is 33.7 Å². The molecule has 0 aliphatic heterocycles. The van der Waals surface area contributed by atoms with Crippen LogP contribution in [0.4, 0.5) is 0 Å². The van der Waals surface area contributed by atoms with Gasteiger partial charge in [-0.25, -0.2) is 0 Å². The summed E-state index contributed by atoms with van der Waals surface area (Å²) in [5.74, 6) is 0. The number of fused-ring (bicyclic) bond motifs is 3. The molecule has 0 radical (unpaired) electrons. The van der Waals surface area contributed by atoms with Gasteiger partial charge >= 0.3 is 37.9 Å². The maximum absolute atomic E-state index is 4.93. The van der Waals surface area contributed by atoms with Gasteiger partial charge in [0.05, 0.1) is 0 Å². The van der Waals surface area contributed by atoms with E-state index in [2.05, 4.69) is 77.1 Å². The molecule has 0 aromatic heterocycles. The summed E-state index contributed by atoms with van der Waals surface area (Å²) in [7, 11) is 9.87. The van der Waals surface area contributed by atoms with Gasteiger partial charge in [0.25, 0.3) is 0 Å². The Bertz CT molecular complexity index is 840. The van der Waals surface area contributed by atoms with Gasteiger partial charge in [-0.3, -0.25) is 0 Å². The number of hydrogen-bond acceptors (Lipinski definition) is 0. The first-order chi connectivity index (χ1) is 13.5. The van der Waals surface area contributed by atoms with Crippen LogP contribution in [0.25, 0.3) is 11.1 Å². The molecular formula is C25H28Cl2Zr. The van der Waals surface area contributed by atoms with Crippen molar-refractivity contribution in [3.8, 4) is 11.1 Å². The van der Waals surface area contributed by atoms with Gasteiger partial charge in [-0.1, -0.05) is 82.9 Å². The van der Waals surface area contributed by atoms with Crippen molar-refractivity contribution in [1.29, 1.82) is 0 Å². The van der Waals surface area contributed by atoms with Crippen molar-refractivity contribution in [2.45, 2.75) is 53.9 Å². The average Bonchev–Trinajstić information content (AvgIpc) is 3.17. The van der Waals surface area contributed by atoms with Crippen molar-refractivity contribution in [2.75, 3.05) is 0 Å². The molecule has 146 valence electrons. The third-order valence-corrected chi connectivity index (χ3v) is 5.71. The molecule has 4 rings (SSSR count). The van der Waals surface area contributed by atoms with E-state index in [1.807, 2.05) is 6.07 Å². The topological polar surface area (TPSA) is 0 Å². The molecule has 3 aromatic carbocycles. The second kappa shape index (κ2) is 11.4. The molecule has 0 saturated heterocycles. The Labute approximate surface area is 189 Å². The van der Waals surface area contributed by atoms with Crippen LogP contribution in [0.15, 0.2) is 42.5 Å². The van der Waals surface area contributed by atoms with E-state index in [1.54, 1.807) is 5.56 Å². The minimum absolute atomic E-state index is 0.826. The van der Waals surface area contributed by atoms with E-state index in [4.69, 9.17) is 17.0 Å². The predicted octanol–water partition coefficient (Wildman–Crippen LogP) is 8.03. The van der Waals surface area contributed by atoms with E-state index >= 15 is 0 Å². The van der Waals surface area contributed by atoms with Crippen molar-refractivity contribution >= 4 is 17.0 Å². The summed E-state index contributed by atoms with van der Waals surface area (Å²) >= 11 is -0.826. The van der Waals surface area contributed by atoms with Crippen LogP contribution in [0.2, 0.25) is 0 Å². The molecule has 3 heteroatoms. The molecule has 0 atom stereocenters. The molecule has 0 saturated carbocycles. The molecular weight excluding hydrogens is 462 g/mol. The zero-order valence-corrected chi connectivity index (χ0v) is 21.4. The summed E-state index contributed by atoms with van der Waals surface area (Å²) < 4.78 is 0. The van der Waals surface area contributed by atoms with Gasteiger partial charge in [0.2, 0.25) is 0 Å². The molecule has 0 spiro atoms.